The Morgan fingerprint density at radius 1 is 1.23 bits per heavy atom. The van der Waals surface area contributed by atoms with Crippen LogP contribution in [0.5, 0.6) is 0 Å². The van der Waals surface area contributed by atoms with Crippen molar-refractivity contribution in [2.45, 2.75) is 67.9 Å². The highest BCUT2D eigenvalue weighted by Crippen LogP contribution is 2.33. The lowest BCUT2D eigenvalue weighted by molar-refractivity contribution is -0.133. The van der Waals surface area contributed by atoms with Crippen LogP contribution in [0.3, 0.4) is 0 Å². The van der Waals surface area contributed by atoms with Gasteiger partial charge in [0, 0.05) is 17.6 Å². The number of rotatable bonds is 4. The molecular formula is C20H24ClN3O5S. The number of carbonyl (C=O) groups excluding carboxylic acids is 2. The molecule has 0 N–H and O–H groups in total. The molecule has 1 aliphatic heterocycles. The van der Waals surface area contributed by atoms with Gasteiger partial charge in [0.25, 0.3) is 5.91 Å². The third kappa shape index (κ3) is 4.71. The third-order valence-electron chi connectivity index (χ3n) is 5.01. The van der Waals surface area contributed by atoms with E-state index in [0.29, 0.717) is 17.9 Å². The Morgan fingerprint density at radius 2 is 1.83 bits per heavy atom. The van der Waals surface area contributed by atoms with Crippen LogP contribution in [0.25, 0.3) is 0 Å². The van der Waals surface area contributed by atoms with E-state index < -0.39 is 38.7 Å². The van der Waals surface area contributed by atoms with Gasteiger partial charge in [-0.1, -0.05) is 11.6 Å². The molecule has 30 heavy (non-hydrogen) atoms. The Kier molecular flexibility index (Phi) is 6.03. The molecule has 0 spiro atoms. The van der Waals surface area contributed by atoms with Gasteiger partial charge < -0.3 is 4.74 Å². The van der Waals surface area contributed by atoms with E-state index >= 15 is 0 Å². The molecule has 1 heterocycles. The van der Waals surface area contributed by atoms with Crippen LogP contribution in [0.15, 0.2) is 29.2 Å². The molecule has 0 aromatic heterocycles. The van der Waals surface area contributed by atoms with Crippen LogP contribution in [-0.4, -0.2) is 59.7 Å². The van der Waals surface area contributed by atoms with Crippen LogP contribution in [0.4, 0.5) is 4.79 Å². The molecule has 3 rings (SSSR count). The number of ether oxygens (including phenoxy) is 1. The van der Waals surface area contributed by atoms with Gasteiger partial charge in [0.1, 0.15) is 11.6 Å². The summed E-state index contributed by atoms with van der Waals surface area (Å²) in [5, 5.41) is 8.80. The van der Waals surface area contributed by atoms with Gasteiger partial charge >= 0.3 is 6.09 Å². The molecule has 10 heteroatoms. The summed E-state index contributed by atoms with van der Waals surface area (Å²) in [6.07, 6.45) is 2.43. The van der Waals surface area contributed by atoms with Gasteiger partial charge in [-0.15, -0.1) is 0 Å². The minimum Gasteiger partial charge on any atom is -0.444 e. The van der Waals surface area contributed by atoms with Crippen LogP contribution in [0, 0.1) is 11.5 Å². The Morgan fingerprint density at radius 3 is 2.33 bits per heavy atom. The predicted molar refractivity (Wildman–Crippen MR) is 109 cm³/mol. The minimum atomic E-state index is -3.83. The standard InChI is InChI=1S/C20H24ClN3O5S/c1-20(2,3)29-19(26)23-11-16(30(27,28)15-8-4-13(21)5-9-15)10-17(23)18(25)24(12-22)14-6-7-14/h4-5,8-9,14,16-17H,6-7,10-11H2,1-3H3. The smallest absolute Gasteiger partial charge is 0.411 e. The lowest BCUT2D eigenvalue weighted by Gasteiger charge is -2.29. The topological polar surface area (TPSA) is 108 Å². The van der Waals surface area contributed by atoms with Gasteiger partial charge in [-0.2, -0.15) is 5.26 Å². The van der Waals surface area contributed by atoms with Crippen LogP contribution in [0.1, 0.15) is 40.0 Å². The molecule has 1 saturated heterocycles. The summed E-state index contributed by atoms with van der Waals surface area (Å²) >= 11 is 5.85. The second-order valence-corrected chi connectivity index (χ2v) is 11.2. The maximum atomic E-state index is 13.1. The second kappa shape index (κ2) is 8.08. The highest BCUT2D eigenvalue weighted by atomic mass is 35.5. The van der Waals surface area contributed by atoms with Gasteiger partial charge in [-0.3, -0.25) is 9.69 Å². The van der Waals surface area contributed by atoms with E-state index in [1.165, 1.54) is 24.3 Å². The maximum absolute atomic E-state index is 13.1. The summed E-state index contributed by atoms with van der Waals surface area (Å²) in [4.78, 5) is 28.1. The number of halogens is 1. The van der Waals surface area contributed by atoms with Gasteiger partial charge in [-0.05, 0) is 64.3 Å². The van der Waals surface area contributed by atoms with Crippen molar-refractivity contribution in [1.29, 1.82) is 5.26 Å². The molecule has 0 radical (unpaired) electrons. The summed E-state index contributed by atoms with van der Waals surface area (Å²) in [6, 6.07) is 4.49. The Hall–Kier alpha value is -2.31. The molecule has 2 aliphatic rings. The Bertz CT molecular complexity index is 977. The van der Waals surface area contributed by atoms with Crippen molar-refractivity contribution >= 4 is 33.4 Å². The molecule has 162 valence electrons. The zero-order valence-electron chi connectivity index (χ0n) is 17.0. The summed E-state index contributed by atoms with van der Waals surface area (Å²) in [6.45, 7) is 4.86. The van der Waals surface area contributed by atoms with E-state index in [9.17, 15) is 23.3 Å². The van der Waals surface area contributed by atoms with E-state index in [0.717, 1.165) is 9.80 Å². The first kappa shape index (κ1) is 22.4. The van der Waals surface area contributed by atoms with Gasteiger partial charge in [0.05, 0.1) is 10.1 Å². The molecule has 1 aromatic rings. The highest BCUT2D eigenvalue weighted by molar-refractivity contribution is 7.92. The largest absolute Gasteiger partial charge is 0.444 e. The molecule has 2 atom stereocenters. The van der Waals surface area contributed by atoms with Crippen molar-refractivity contribution in [3.05, 3.63) is 29.3 Å². The number of amides is 2. The fraction of sp³-hybridized carbons (Fsp3) is 0.550. The molecule has 2 unspecified atom stereocenters. The summed E-state index contributed by atoms with van der Waals surface area (Å²) in [5.41, 5.74) is -0.816. The summed E-state index contributed by atoms with van der Waals surface area (Å²) in [7, 11) is -3.83. The van der Waals surface area contributed by atoms with Crippen LogP contribution < -0.4 is 0 Å². The summed E-state index contributed by atoms with van der Waals surface area (Å²) in [5.74, 6) is -0.570. The van der Waals surface area contributed by atoms with E-state index in [2.05, 4.69) is 0 Å². The van der Waals surface area contributed by atoms with Crippen molar-refractivity contribution in [2.75, 3.05) is 6.54 Å². The number of hydrogen-bond acceptors (Lipinski definition) is 6. The molecule has 8 nitrogen and oxygen atoms in total. The number of hydrogen-bond donors (Lipinski definition) is 0. The average Bonchev–Trinajstić information content (AvgIpc) is 3.36. The normalized spacial score (nSPS) is 21.8. The fourth-order valence-electron chi connectivity index (χ4n) is 3.40. The number of benzene rings is 1. The fourth-order valence-corrected chi connectivity index (χ4v) is 5.22. The lowest BCUT2D eigenvalue weighted by atomic mass is 10.2. The van der Waals surface area contributed by atoms with Crippen LogP contribution >= 0.6 is 11.6 Å². The van der Waals surface area contributed by atoms with Crippen LogP contribution in [0.2, 0.25) is 5.02 Å². The molecule has 1 aromatic carbocycles. The third-order valence-corrected chi connectivity index (χ3v) is 7.41. The SMILES string of the molecule is CC(C)(C)OC(=O)N1CC(S(=O)(=O)c2ccc(Cl)cc2)CC1C(=O)N(C#N)C1CC1. The maximum Gasteiger partial charge on any atom is 0.411 e. The monoisotopic (exact) mass is 453 g/mol. The van der Waals surface area contributed by atoms with Crippen molar-refractivity contribution in [2.24, 2.45) is 0 Å². The van der Waals surface area contributed by atoms with Crippen molar-refractivity contribution < 1.29 is 22.7 Å². The number of nitrogens with zero attached hydrogens (tertiary/aromatic N) is 3. The number of likely N-dealkylation sites (tertiary alicyclic amines) is 1. The van der Waals surface area contributed by atoms with Gasteiger partial charge in [0.15, 0.2) is 16.0 Å². The average molecular weight is 454 g/mol. The zero-order valence-corrected chi connectivity index (χ0v) is 18.6. The van der Waals surface area contributed by atoms with E-state index in [1.807, 2.05) is 6.19 Å². The molecule has 1 saturated carbocycles. The molecule has 2 fully saturated rings. The number of nitriles is 1. The number of sulfone groups is 1. The van der Waals surface area contributed by atoms with Gasteiger partial charge in [0.2, 0.25) is 0 Å². The van der Waals surface area contributed by atoms with Crippen LogP contribution in [-0.2, 0) is 19.4 Å². The van der Waals surface area contributed by atoms with E-state index in [-0.39, 0.29) is 23.9 Å². The second-order valence-electron chi connectivity index (χ2n) is 8.54. The summed E-state index contributed by atoms with van der Waals surface area (Å²) < 4.78 is 31.7. The van der Waals surface area contributed by atoms with Crippen molar-refractivity contribution in [3.8, 4) is 6.19 Å². The molecule has 0 bridgehead atoms. The van der Waals surface area contributed by atoms with Crippen molar-refractivity contribution in [3.63, 3.8) is 0 Å². The van der Waals surface area contributed by atoms with Crippen molar-refractivity contribution in [1.82, 2.24) is 9.80 Å². The molecule has 1 aliphatic carbocycles. The minimum absolute atomic E-state index is 0.0634. The first-order valence-electron chi connectivity index (χ1n) is 9.66. The Labute approximate surface area is 181 Å². The zero-order chi connectivity index (χ0) is 22.3. The predicted octanol–water partition coefficient (Wildman–Crippen LogP) is 2.96. The molecule has 2 amide bonds. The Balaban J connectivity index is 1.91. The van der Waals surface area contributed by atoms with E-state index in [1.54, 1.807) is 20.8 Å². The lowest BCUT2D eigenvalue weighted by Crippen LogP contribution is -2.48. The first-order valence-corrected chi connectivity index (χ1v) is 11.6. The van der Waals surface area contributed by atoms with Gasteiger partial charge in [-0.25, -0.2) is 18.1 Å². The highest BCUT2D eigenvalue weighted by Gasteiger charge is 2.49. The number of carbonyl (C=O) groups is 2. The van der Waals surface area contributed by atoms with E-state index in [4.69, 9.17) is 16.3 Å². The quantitative estimate of drug-likeness (QED) is 0.512. The first-order chi connectivity index (χ1) is 13.9. The molecular weight excluding hydrogens is 430 g/mol.